The molecule has 1 rings (SSSR count). The first-order valence-corrected chi connectivity index (χ1v) is 7.17. The van der Waals surface area contributed by atoms with Crippen LogP contribution in [0.25, 0.3) is 0 Å². The average molecular weight is 265 g/mol. The highest BCUT2D eigenvalue weighted by atomic mass is 16.5. The van der Waals surface area contributed by atoms with Gasteiger partial charge in [-0.2, -0.15) is 0 Å². The summed E-state index contributed by atoms with van der Waals surface area (Å²) in [5.74, 6) is 1.30. The second-order valence-corrected chi connectivity index (χ2v) is 5.37. The minimum atomic E-state index is -0.478. The molecule has 1 aromatic rings. The quantitative estimate of drug-likeness (QED) is 0.759. The fourth-order valence-corrected chi connectivity index (χ4v) is 1.82. The number of para-hydroxylation sites is 1. The van der Waals surface area contributed by atoms with Crippen LogP contribution in [0.5, 0.6) is 5.75 Å². The molecule has 0 aliphatic heterocycles. The molecule has 0 spiro atoms. The van der Waals surface area contributed by atoms with Crippen molar-refractivity contribution in [1.82, 2.24) is 5.32 Å². The van der Waals surface area contributed by atoms with Gasteiger partial charge in [-0.3, -0.25) is 0 Å². The average Bonchev–Trinajstić information content (AvgIpc) is 2.42. The van der Waals surface area contributed by atoms with Gasteiger partial charge < -0.3 is 15.2 Å². The van der Waals surface area contributed by atoms with Gasteiger partial charge in [-0.1, -0.05) is 39.0 Å². The van der Waals surface area contributed by atoms with Gasteiger partial charge in [0, 0.05) is 12.6 Å². The number of aliphatic hydroxyl groups excluding tert-OH is 1. The molecule has 2 N–H and O–H groups in total. The van der Waals surface area contributed by atoms with E-state index in [0.29, 0.717) is 25.1 Å². The number of hydrogen-bond donors (Lipinski definition) is 2. The van der Waals surface area contributed by atoms with E-state index in [0.717, 1.165) is 12.2 Å². The van der Waals surface area contributed by atoms with E-state index in [1.165, 1.54) is 5.56 Å². The highest BCUT2D eigenvalue weighted by Gasteiger charge is 2.10. The van der Waals surface area contributed by atoms with Gasteiger partial charge in [0.15, 0.2) is 0 Å². The van der Waals surface area contributed by atoms with Crippen molar-refractivity contribution in [2.45, 2.75) is 52.2 Å². The minimum Gasteiger partial charge on any atom is -0.491 e. The van der Waals surface area contributed by atoms with Gasteiger partial charge in [0.05, 0.1) is 0 Å². The Balaban J connectivity index is 2.44. The third kappa shape index (κ3) is 5.62. The van der Waals surface area contributed by atoms with Crippen LogP contribution in [0.4, 0.5) is 0 Å². The highest BCUT2D eigenvalue weighted by Crippen LogP contribution is 2.25. The molecule has 0 unspecified atom stereocenters. The molecule has 0 amide bonds. The predicted molar refractivity (Wildman–Crippen MR) is 79.8 cm³/mol. The summed E-state index contributed by atoms with van der Waals surface area (Å²) in [4.78, 5) is 0. The van der Waals surface area contributed by atoms with E-state index in [9.17, 15) is 5.11 Å². The molecular formula is C16H27NO2. The lowest BCUT2D eigenvalue weighted by Crippen LogP contribution is -2.36. The molecule has 0 fully saturated rings. The van der Waals surface area contributed by atoms with Crippen molar-refractivity contribution in [1.29, 1.82) is 0 Å². The summed E-state index contributed by atoms with van der Waals surface area (Å²) in [6.07, 6.45) is 0.582. The van der Waals surface area contributed by atoms with Crippen LogP contribution < -0.4 is 10.1 Å². The molecule has 1 aromatic carbocycles. The number of ether oxygens (including phenoxy) is 1. The summed E-state index contributed by atoms with van der Waals surface area (Å²) in [5, 5.41) is 13.2. The van der Waals surface area contributed by atoms with Gasteiger partial charge >= 0.3 is 0 Å². The summed E-state index contributed by atoms with van der Waals surface area (Å²) in [6.45, 7) is 9.42. The fraction of sp³-hybridized carbons (Fsp3) is 0.625. The van der Waals surface area contributed by atoms with Crippen LogP contribution in [0, 0.1) is 0 Å². The lowest BCUT2D eigenvalue weighted by molar-refractivity contribution is 0.103. The zero-order valence-electron chi connectivity index (χ0n) is 12.5. The Hall–Kier alpha value is -1.06. The lowest BCUT2D eigenvalue weighted by Gasteiger charge is -2.18. The maximum atomic E-state index is 9.90. The van der Waals surface area contributed by atoms with E-state index < -0.39 is 6.10 Å². The Bertz CT molecular complexity index is 366. The maximum Gasteiger partial charge on any atom is 0.122 e. The van der Waals surface area contributed by atoms with Crippen molar-refractivity contribution < 1.29 is 9.84 Å². The molecule has 0 aliphatic rings. The zero-order chi connectivity index (χ0) is 14.3. The summed E-state index contributed by atoms with van der Waals surface area (Å²) >= 11 is 0. The van der Waals surface area contributed by atoms with Gasteiger partial charge in [-0.05, 0) is 30.9 Å². The number of hydrogen-bond acceptors (Lipinski definition) is 3. The van der Waals surface area contributed by atoms with E-state index in [1.807, 2.05) is 18.2 Å². The predicted octanol–water partition coefficient (Wildman–Crippen LogP) is 2.94. The molecule has 0 radical (unpaired) electrons. The number of rotatable bonds is 8. The molecule has 0 aliphatic carbocycles. The molecule has 0 bridgehead atoms. The van der Waals surface area contributed by atoms with Crippen LogP contribution in [-0.4, -0.2) is 30.4 Å². The second kappa shape index (κ2) is 8.18. The van der Waals surface area contributed by atoms with Crippen LogP contribution in [0.1, 0.15) is 45.6 Å². The largest absolute Gasteiger partial charge is 0.491 e. The van der Waals surface area contributed by atoms with E-state index >= 15 is 0 Å². The standard InChI is InChI=1S/C16H27NO2/c1-5-13(4)17-10-14(18)11-19-16-9-7-6-8-15(16)12(2)3/h6-9,12-14,17-18H,5,10-11H2,1-4H3/t13-,14+/m0/s1. The summed E-state index contributed by atoms with van der Waals surface area (Å²) in [6, 6.07) is 8.44. The lowest BCUT2D eigenvalue weighted by atomic mass is 10.0. The molecule has 0 aromatic heterocycles. The Kier molecular flexibility index (Phi) is 6.89. The van der Waals surface area contributed by atoms with Crippen molar-refractivity contribution in [2.75, 3.05) is 13.2 Å². The Morgan fingerprint density at radius 1 is 1.21 bits per heavy atom. The van der Waals surface area contributed by atoms with Crippen LogP contribution in [0.3, 0.4) is 0 Å². The van der Waals surface area contributed by atoms with E-state index in [4.69, 9.17) is 4.74 Å². The topological polar surface area (TPSA) is 41.5 Å². The first-order chi connectivity index (χ1) is 9.04. The minimum absolute atomic E-state index is 0.327. The molecular weight excluding hydrogens is 238 g/mol. The Morgan fingerprint density at radius 3 is 2.53 bits per heavy atom. The molecule has 0 saturated heterocycles. The maximum absolute atomic E-state index is 9.90. The summed E-state index contributed by atoms with van der Waals surface area (Å²) in [7, 11) is 0. The van der Waals surface area contributed by atoms with Gasteiger partial charge in [-0.15, -0.1) is 0 Å². The fourth-order valence-electron chi connectivity index (χ4n) is 1.82. The van der Waals surface area contributed by atoms with Crippen molar-refractivity contribution in [3.63, 3.8) is 0 Å². The van der Waals surface area contributed by atoms with E-state index in [-0.39, 0.29) is 0 Å². The third-order valence-electron chi connectivity index (χ3n) is 3.29. The van der Waals surface area contributed by atoms with Crippen molar-refractivity contribution in [3.8, 4) is 5.75 Å². The first kappa shape index (κ1) is 16.0. The van der Waals surface area contributed by atoms with Gasteiger partial charge in [-0.25, -0.2) is 0 Å². The molecule has 0 saturated carbocycles. The molecule has 3 nitrogen and oxygen atoms in total. The van der Waals surface area contributed by atoms with Crippen LogP contribution >= 0.6 is 0 Å². The molecule has 0 heterocycles. The molecule has 3 heteroatoms. The summed E-state index contributed by atoms with van der Waals surface area (Å²) < 4.78 is 5.74. The Labute approximate surface area is 117 Å². The van der Waals surface area contributed by atoms with Crippen LogP contribution in [0.15, 0.2) is 24.3 Å². The normalized spacial score (nSPS) is 14.4. The summed E-state index contributed by atoms with van der Waals surface area (Å²) in [5.41, 5.74) is 1.18. The highest BCUT2D eigenvalue weighted by molar-refractivity contribution is 5.35. The number of nitrogens with one attached hydrogen (secondary N) is 1. The second-order valence-electron chi connectivity index (χ2n) is 5.37. The Morgan fingerprint density at radius 2 is 1.89 bits per heavy atom. The van der Waals surface area contributed by atoms with Crippen molar-refractivity contribution in [2.24, 2.45) is 0 Å². The first-order valence-electron chi connectivity index (χ1n) is 7.17. The molecule has 108 valence electrons. The van der Waals surface area contributed by atoms with E-state index in [1.54, 1.807) is 0 Å². The van der Waals surface area contributed by atoms with E-state index in [2.05, 4.69) is 39.1 Å². The monoisotopic (exact) mass is 265 g/mol. The zero-order valence-corrected chi connectivity index (χ0v) is 12.5. The molecule has 2 atom stereocenters. The van der Waals surface area contributed by atoms with Gasteiger partial charge in [0.1, 0.15) is 18.5 Å². The smallest absolute Gasteiger partial charge is 0.122 e. The van der Waals surface area contributed by atoms with Gasteiger partial charge in [0.2, 0.25) is 0 Å². The number of aliphatic hydroxyl groups is 1. The third-order valence-corrected chi connectivity index (χ3v) is 3.29. The van der Waals surface area contributed by atoms with Crippen LogP contribution in [-0.2, 0) is 0 Å². The van der Waals surface area contributed by atoms with Crippen LogP contribution in [0.2, 0.25) is 0 Å². The van der Waals surface area contributed by atoms with Crippen molar-refractivity contribution >= 4 is 0 Å². The SMILES string of the molecule is CC[C@H](C)NC[C@@H](O)COc1ccccc1C(C)C. The molecule has 19 heavy (non-hydrogen) atoms. The number of benzene rings is 1. The van der Waals surface area contributed by atoms with Crippen molar-refractivity contribution in [3.05, 3.63) is 29.8 Å². The van der Waals surface area contributed by atoms with Gasteiger partial charge in [0.25, 0.3) is 0 Å².